The van der Waals surface area contributed by atoms with Crippen molar-refractivity contribution in [2.75, 3.05) is 9.80 Å². The third kappa shape index (κ3) is 6.70. The highest BCUT2D eigenvalue weighted by molar-refractivity contribution is 6.27. The fourth-order valence-electron chi connectivity index (χ4n) is 10.8. The highest BCUT2D eigenvalue weighted by Gasteiger charge is 2.25. The molecule has 11 aromatic carbocycles. The van der Waals surface area contributed by atoms with Crippen LogP contribution in [0.3, 0.4) is 0 Å². The fourth-order valence-corrected chi connectivity index (χ4v) is 10.8. The lowest BCUT2D eigenvalue weighted by Crippen LogP contribution is -2.13. The van der Waals surface area contributed by atoms with Crippen LogP contribution in [0.5, 0.6) is 0 Å². The molecule has 0 aliphatic heterocycles. The second kappa shape index (κ2) is 16.6. The molecule has 5 nitrogen and oxygen atoms in total. The van der Waals surface area contributed by atoms with Gasteiger partial charge in [0.15, 0.2) is 0 Å². The molecule has 5 heteroatoms. The first-order valence-corrected chi connectivity index (χ1v) is 24.1. The molecule has 0 aliphatic rings. The maximum atomic E-state index is 7.07. The molecule has 0 aliphatic carbocycles. The molecule has 71 heavy (non-hydrogen) atoms. The highest BCUT2D eigenvalue weighted by Crippen LogP contribution is 2.49. The van der Waals surface area contributed by atoms with Gasteiger partial charge in [-0.1, -0.05) is 152 Å². The number of hydrogen-bond acceptors (Lipinski definition) is 4. The molecule has 0 atom stereocenters. The van der Waals surface area contributed by atoms with Crippen LogP contribution in [0.25, 0.3) is 93.6 Å². The van der Waals surface area contributed by atoms with Crippen molar-refractivity contribution in [3.8, 4) is 27.9 Å². The molecular weight excluding hydrogens is 867 g/mol. The molecule has 3 heterocycles. The average Bonchev–Trinajstić information content (AvgIpc) is 4.12. The molecule has 14 rings (SSSR count). The molecule has 0 fully saturated rings. The summed E-state index contributed by atoms with van der Waals surface area (Å²) >= 11 is 0. The van der Waals surface area contributed by atoms with E-state index >= 15 is 0 Å². The third-order valence-corrected chi connectivity index (χ3v) is 13.9. The van der Waals surface area contributed by atoms with Gasteiger partial charge in [-0.05, 0) is 131 Å². The van der Waals surface area contributed by atoms with Crippen LogP contribution >= 0.6 is 0 Å². The van der Waals surface area contributed by atoms with E-state index in [1.165, 1.54) is 21.9 Å². The number of fused-ring (bicyclic) bond motifs is 10. The molecule has 0 amide bonds. The van der Waals surface area contributed by atoms with Crippen LogP contribution in [0.2, 0.25) is 0 Å². The summed E-state index contributed by atoms with van der Waals surface area (Å²) < 4.78 is 16.2. The van der Waals surface area contributed by atoms with E-state index in [0.29, 0.717) is 0 Å². The number of para-hydroxylation sites is 4. The molecule has 0 radical (unpaired) electrons. The van der Waals surface area contributed by atoms with E-state index in [9.17, 15) is 0 Å². The van der Waals surface area contributed by atoms with Crippen molar-refractivity contribution >= 4 is 99.8 Å². The molecule has 14 aromatic rings. The van der Waals surface area contributed by atoms with Crippen LogP contribution in [0.4, 0.5) is 34.1 Å². The topological polar surface area (TPSA) is 37.7 Å². The molecule has 0 saturated heterocycles. The number of furan rings is 2. The molecule has 0 spiro atoms. The van der Waals surface area contributed by atoms with Crippen molar-refractivity contribution in [2.45, 2.75) is 0 Å². The van der Waals surface area contributed by atoms with Gasteiger partial charge < -0.3 is 23.2 Å². The van der Waals surface area contributed by atoms with E-state index in [1.807, 2.05) is 0 Å². The Morgan fingerprint density at radius 2 is 0.845 bits per heavy atom. The normalized spacial score (nSPS) is 11.7. The van der Waals surface area contributed by atoms with Gasteiger partial charge in [-0.15, -0.1) is 0 Å². The summed E-state index contributed by atoms with van der Waals surface area (Å²) in [5.41, 5.74) is 17.4. The lowest BCUT2D eigenvalue weighted by molar-refractivity contribution is 0.663. The Kier molecular flexibility index (Phi) is 9.46. The Bertz CT molecular complexity index is 4290. The Labute approximate surface area is 409 Å². The van der Waals surface area contributed by atoms with E-state index < -0.39 is 0 Å². The predicted molar refractivity (Wildman–Crippen MR) is 296 cm³/mol. The van der Waals surface area contributed by atoms with Crippen LogP contribution in [0, 0.1) is 0 Å². The van der Waals surface area contributed by atoms with Crippen molar-refractivity contribution in [3.63, 3.8) is 0 Å². The average molecular weight is 910 g/mol. The highest BCUT2D eigenvalue weighted by atomic mass is 16.3. The zero-order valence-electron chi connectivity index (χ0n) is 38.5. The van der Waals surface area contributed by atoms with Gasteiger partial charge in [0.1, 0.15) is 22.3 Å². The van der Waals surface area contributed by atoms with Crippen molar-refractivity contribution in [1.82, 2.24) is 4.57 Å². The number of rotatable bonds is 9. The molecule has 0 saturated carbocycles. The summed E-state index contributed by atoms with van der Waals surface area (Å²) in [5, 5.41) is 6.47. The molecular formula is C66H43N3O2. The maximum absolute atomic E-state index is 7.07. The van der Waals surface area contributed by atoms with Gasteiger partial charge in [0.05, 0.1) is 27.5 Å². The Hall–Kier alpha value is -9.58. The van der Waals surface area contributed by atoms with Crippen LogP contribution < -0.4 is 9.80 Å². The van der Waals surface area contributed by atoms with Crippen LogP contribution in [-0.2, 0) is 0 Å². The number of anilines is 6. The van der Waals surface area contributed by atoms with E-state index in [2.05, 4.69) is 275 Å². The van der Waals surface area contributed by atoms with Gasteiger partial charge in [-0.25, -0.2) is 0 Å². The van der Waals surface area contributed by atoms with E-state index in [-0.39, 0.29) is 0 Å². The van der Waals surface area contributed by atoms with Crippen LogP contribution in [0.15, 0.2) is 270 Å². The van der Waals surface area contributed by atoms with Crippen molar-refractivity contribution in [2.24, 2.45) is 0 Å². The minimum Gasteiger partial charge on any atom is -0.456 e. The van der Waals surface area contributed by atoms with Gasteiger partial charge >= 0.3 is 0 Å². The van der Waals surface area contributed by atoms with E-state index in [1.54, 1.807) is 0 Å². The first-order valence-electron chi connectivity index (χ1n) is 24.1. The van der Waals surface area contributed by atoms with Gasteiger partial charge in [-0.2, -0.15) is 0 Å². The van der Waals surface area contributed by atoms with E-state index in [4.69, 9.17) is 8.83 Å². The molecule has 0 unspecified atom stereocenters. The summed E-state index contributed by atoms with van der Waals surface area (Å²) in [6.45, 7) is 0. The Morgan fingerprint density at radius 1 is 0.296 bits per heavy atom. The van der Waals surface area contributed by atoms with Gasteiger partial charge in [0.25, 0.3) is 0 Å². The summed E-state index contributed by atoms with van der Waals surface area (Å²) in [5.74, 6) is 0. The quantitative estimate of drug-likeness (QED) is 0.145. The minimum absolute atomic E-state index is 0.768. The van der Waals surface area contributed by atoms with Crippen LogP contribution in [-0.4, -0.2) is 4.57 Å². The molecule has 0 bridgehead atoms. The zero-order valence-corrected chi connectivity index (χ0v) is 38.5. The SMILES string of the molecule is c1ccc(-c2cccc(N(c3ccccc3)c3cccc(N(c4ccccc4)c4cccc5oc6ccc7c(oc8cccc(-c9ccc%10c%11ccccc%11n(-c%11ccccc%11)c%10c9)c87)c6c45)c3)c2)cc1. The summed E-state index contributed by atoms with van der Waals surface area (Å²) in [6, 6.07) is 92.6. The monoisotopic (exact) mass is 909 g/mol. The lowest BCUT2D eigenvalue weighted by atomic mass is 9.97. The number of hydrogen-bond donors (Lipinski definition) is 0. The predicted octanol–water partition coefficient (Wildman–Crippen LogP) is 18.9. The van der Waals surface area contributed by atoms with Crippen LogP contribution in [0.1, 0.15) is 0 Å². The largest absolute Gasteiger partial charge is 0.456 e. The Morgan fingerprint density at radius 3 is 1.62 bits per heavy atom. The second-order valence-corrected chi connectivity index (χ2v) is 18.0. The van der Waals surface area contributed by atoms with E-state index in [0.717, 1.165) is 106 Å². The lowest BCUT2D eigenvalue weighted by Gasteiger charge is -2.30. The summed E-state index contributed by atoms with van der Waals surface area (Å²) in [6.07, 6.45) is 0. The standard InChI is InChI=1S/C66H43N3O2/c1-5-19-44(20-6-1)45-21-15-28-50(41-45)67(47-22-7-2-8-23-47)51-29-16-30-52(43-51)68(48-24-9-3-10-25-48)58-34-18-36-61-64(58)65-62(70-61)40-39-56-63-53(32-17-35-60(63)71-66(56)65)46-37-38-55-54-31-13-14-33-57(54)69(59(55)42-46)49-26-11-4-12-27-49/h1-43H. The Balaban J connectivity index is 0.955. The molecule has 3 aromatic heterocycles. The maximum Gasteiger partial charge on any atom is 0.147 e. The summed E-state index contributed by atoms with van der Waals surface area (Å²) in [4.78, 5) is 4.68. The first kappa shape index (κ1) is 40.5. The first-order chi connectivity index (χ1) is 35.2. The van der Waals surface area contributed by atoms with Gasteiger partial charge in [0, 0.05) is 55.7 Å². The smallest absolute Gasteiger partial charge is 0.147 e. The number of benzene rings is 11. The number of nitrogens with zero attached hydrogens (tertiary/aromatic N) is 3. The second-order valence-electron chi connectivity index (χ2n) is 18.0. The minimum atomic E-state index is 0.768. The molecule has 0 N–H and O–H groups in total. The third-order valence-electron chi connectivity index (χ3n) is 13.9. The molecule has 334 valence electrons. The van der Waals surface area contributed by atoms with Crippen molar-refractivity contribution in [3.05, 3.63) is 261 Å². The number of aromatic nitrogens is 1. The van der Waals surface area contributed by atoms with Crippen molar-refractivity contribution in [1.29, 1.82) is 0 Å². The van der Waals surface area contributed by atoms with Crippen molar-refractivity contribution < 1.29 is 8.83 Å². The van der Waals surface area contributed by atoms with Gasteiger partial charge in [-0.3, -0.25) is 0 Å². The fraction of sp³-hybridized carbons (Fsp3) is 0. The zero-order chi connectivity index (χ0) is 46.8. The van der Waals surface area contributed by atoms with Gasteiger partial charge in [0.2, 0.25) is 0 Å². The summed E-state index contributed by atoms with van der Waals surface area (Å²) in [7, 11) is 0.